The Hall–Kier alpha value is -1.58. The zero-order valence-electron chi connectivity index (χ0n) is 16.4. The molecular formula is C22H30N2O3. The molecule has 4 aliphatic carbocycles. The summed E-state index contributed by atoms with van der Waals surface area (Å²) in [6.07, 6.45) is 9.44. The maximum Gasteiger partial charge on any atom is 0.323 e. The normalized spacial score (nSPS) is 44.3. The van der Waals surface area contributed by atoms with E-state index in [9.17, 15) is 14.7 Å². The van der Waals surface area contributed by atoms with Crippen molar-refractivity contribution in [2.24, 2.45) is 34.5 Å². The molecule has 4 rings (SSSR count). The van der Waals surface area contributed by atoms with Crippen molar-refractivity contribution in [3.8, 4) is 0 Å². The van der Waals surface area contributed by atoms with Crippen LogP contribution in [0.5, 0.6) is 0 Å². The van der Waals surface area contributed by atoms with Crippen LogP contribution in [-0.4, -0.2) is 33.8 Å². The Bertz CT molecular complexity index is 751. The highest BCUT2D eigenvalue weighted by Crippen LogP contribution is 2.67. The average molecular weight is 370 g/mol. The molecule has 0 aromatic heterocycles. The lowest BCUT2D eigenvalue weighted by Gasteiger charge is -2.58. The van der Waals surface area contributed by atoms with Gasteiger partial charge in [-0.3, -0.25) is 9.59 Å². The Morgan fingerprint density at radius 3 is 2.74 bits per heavy atom. The van der Waals surface area contributed by atoms with E-state index in [-0.39, 0.29) is 28.8 Å². The number of nitrogens with zero attached hydrogens (tertiary/aromatic N) is 2. The number of hydrogen-bond acceptors (Lipinski definition) is 3. The zero-order chi connectivity index (χ0) is 19.4. The molecule has 0 amide bonds. The Kier molecular flexibility index (Phi) is 4.51. The standard InChI is InChI=1S/C22H30N2O3/c1-13(25)17-5-6-19-16-4-3-14-11-15(26)7-9-21(14,2)18(16)8-10-22(17,19)20(27)12-24-23/h11-13,16-19,25H,3-10H2,1-2H3/t13-,16-,17-,18+,19+,21+,22+/m1/s1. The first-order chi connectivity index (χ1) is 12.8. The highest BCUT2D eigenvalue weighted by Gasteiger charge is 2.64. The van der Waals surface area contributed by atoms with Crippen molar-refractivity contribution in [1.29, 1.82) is 0 Å². The van der Waals surface area contributed by atoms with Crippen LogP contribution in [0.4, 0.5) is 0 Å². The first kappa shape index (κ1) is 18.8. The molecule has 5 nitrogen and oxygen atoms in total. The summed E-state index contributed by atoms with van der Waals surface area (Å²) < 4.78 is 0. The van der Waals surface area contributed by atoms with Crippen LogP contribution >= 0.6 is 0 Å². The van der Waals surface area contributed by atoms with Crippen LogP contribution in [0.25, 0.3) is 5.53 Å². The smallest absolute Gasteiger partial charge is 0.323 e. The molecule has 146 valence electrons. The molecular weight excluding hydrogens is 340 g/mol. The highest BCUT2D eigenvalue weighted by atomic mass is 16.3. The van der Waals surface area contributed by atoms with Crippen molar-refractivity contribution in [1.82, 2.24) is 0 Å². The first-order valence-electron chi connectivity index (χ1n) is 10.5. The second-order valence-electron chi connectivity index (χ2n) is 9.58. The van der Waals surface area contributed by atoms with Gasteiger partial charge in [0.25, 0.3) is 0 Å². The molecule has 4 aliphatic rings. The van der Waals surface area contributed by atoms with Gasteiger partial charge >= 0.3 is 6.21 Å². The summed E-state index contributed by atoms with van der Waals surface area (Å²) >= 11 is 0. The summed E-state index contributed by atoms with van der Waals surface area (Å²) in [7, 11) is 0. The lowest BCUT2D eigenvalue weighted by atomic mass is 9.45. The van der Waals surface area contributed by atoms with E-state index in [0.29, 0.717) is 18.3 Å². The van der Waals surface area contributed by atoms with Gasteiger partial charge in [-0.1, -0.05) is 12.5 Å². The molecule has 0 spiro atoms. The lowest BCUT2D eigenvalue weighted by Crippen LogP contribution is -2.55. The van der Waals surface area contributed by atoms with Crippen molar-refractivity contribution < 1.29 is 19.5 Å². The first-order valence-corrected chi connectivity index (χ1v) is 10.5. The minimum Gasteiger partial charge on any atom is -0.393 e. The van der Waals surface area contributed by atoms with Gasteiger partial charge in [0, 0.05) is 11.8 Å². The third-order valence-electron chi connectivity index (χ3n) is 8.76. The van der Waals surface area contributed by atoms with Crippen LogP contribution in [0.15, 0.2) is 11.6 Å². The number of ketones is 2. The minimum absolute atomic E-state index is 0.0633. The van der Waals surface area contributed by atoms with Gasteiger partial charge < -0.3 is 10.6 Å². The van der Waals surface area contributed by atoms with Crippen molar-refractivity contribution in [3.63, 3.8) is 0 Å². The summed E-state index contributed by atoms with van der Waals surface area (Å²) in [5.41, 5.74) is 9.80. The van der Waals surface area contributed by atoms with E-state index in [1.165, 1.54) is 5.57 Å². The fraction of sp³-hybridized carbons (Fsp3) is 0.773. The predicted octanol–water partition coefficient (Wildman–Crippen LogP) is 3.37. The zero-order valence-corrected chi connectivity index (χ0v) is 16.4. The third kappa shape index (κ3) is 2.55. The van der Waals surface area contributed by atoms with Crippen LogP contribution in [0.1, 0.15) is 65.2 Å². The van der Waals surface area contributed by atoms with Gasteiger partial charge in [0.2, 0.25) is 5.78 Å². The van der Waals surface area contributed by atoms with Crippen LogP contribution in [0, 0.1) is 34.5 Å². The molecule has 0 saturated heterocycles. The number of aliphatic hydroxyl groups excluding tert-OH is 1. The van der Waals surface area contributed by atoms with Crippen LogP contribution in [-0.2, 0) is 9.59 Å². The molecule has 0 bridgehead atoms. The fourth-order valence-corrected chi connectivity index (χ4v) is 7.61. The molecule has 0 aliphatic heterocycles. The average Bonchev–Trinajstić information content (AvgIpc) is 3.03. The minimum atomic E-state index is -0.594. The van der Waals surface area contributed by atoms with Gasteiger partial charge in [-0.15, -0.1) is 0 Å². The number of rotatable bonds is 3. The lowest BCUT2D eigenvalue weighted by molar-refractivity contribution is -0.144. The van der Waals surface area contributed by atoms with Crippen molar-refractivity contribution in [3.05, 3.63) is 17.2 Å². The monoisotopic (exact) mass is 370 g/mol. The number of aliphatic hydroxyl groups is 1. The molecule has 3 saturated carbocycles. The van der Waals surface area contributed by atoms with Crippen molar-refractivity contribution >= 4 is 17.8 Å². The molecule has 27 heavy (non-hydrogen) atoms. The van der Waals surface area contributed by atoms with Gasteiger partial charge in [0.15, 0.2) is 5.78 Å². The largest absolute Gasteiger partial charge is 0.393 e. The summed E-state index contributed by atoms with van der Waals surface area (Å²) in [4.78, 5) is 28.1. The van der Waals surface area contributed by atoms with Crippen molar-refractivity contribution in [2.75, 3.05) is 0 Å². The van der Waals surface area contributed by atoms with E-state index >= 15 is 0 Å². The van der Waals surface area contributed by atoms with Gasteiger partial charge in [0.1, 0.15) is 0 Å². The number of carbonyl (C=O) groups excluding carboxylic acids is 2. The Morgan fingerprint density at radius 2 is 2.04 bits per heavy atom. The highest BCUT2D eigenvalue weighted by molar-refractivity contribution is 6.28. The molecule has 0 unspecified atom stereocenters. The Morgan fingerprint density at radius 1 is 1.26 bits per heavy atom. The van der Waals surface area contributed by atoms with Gasteiger partial charge in [0.05, 0.1) is 6.10 Å². The number of allylic oxidation sites excluding steroid dienone is 1. The van der Waals surface area contributed by atoms with Gasteiger partial charge in [-0.2, -0.15) is 4.79 Å². The maximum atomic E-state index is 13.1. The summed E-state index contributed by atoms with van der Waals surface area (Å²) in [5, 5.41) is 10.4. The molecule has 0 radical (unpaired) electrons. The second-order valence-corrected chi connectivity index (χ2v) is 9.58. The molecule has 5 heteroatoms. The topological polar surface area (TPSA) is 90.8 Å². The maximum absolute atomic E-state index is 13.1. The van der Waals surface area contributed by atoms with E-state index < -0.39 is 11.5 Å². The van der Waals surface area contributed by atoms with Gasteiger partial charge in [-0.25, -0.2) is 0 Å². The van der Waals surface area contributed by atoms with E-state index in [0.717, 1.165) is 51.2 Å². The predicted molar refractivity (Wildman–Crippen MR) is 101 cm³/mol. The molecule has 0 heterocycles. The molecule has 3 fully saturated rings. The number of fused-ring (bicyclic) bond motifs is 5. The fourth-order valence-electron chi connectivity index (χ4n) is 7.61. The summed E-state index contributed by atoms with van der Waals surface area (Å²) in [6.45, 7) is 4.12. The Balaban J connectivity index is 1.74. The quantitative estimate of drug-likeness (QED) is 0.469. The van der Waals surface area contributed by atoms with E-state index in [1.54, 1.807) is 6.92 Å². The van der Waals surface area contributed by atoms with Crippen LogP contribution in [0.3, 0.4) is 0 Å². The number of carbonyl (C=O) groups is 2. The third-order valence-corrected chi connectivity index (χ3v) is 8.76. The van der Waals surface area contributed by atoms with E-state index in [1.807, 2.05) is 6.08 Å². The molecule has 1 N–H and O–H groups in total. The van der Waals surface area contributed by atoms with Crippen molar-refractivity contribution in [2.45, 2.75) is 71.3 Å². The number of hydrogen-bond donors (Lipinski definition) is 1. The van der Waals surface area contributed by atoms with E-state index in [4.69, 9.17) is 5.53 Å². The summed E-state index contributed by atoms with van der Waals surface area (Å²) in [5.74, 6) is 1.26. The van der Waals surface area contributed by atoms with Crippen LogP contribution in [0.2, 0.25) is 0 Å². The summed E-state index contributed by atoms with van der Waals surface area (Å²) in [6, 6.07) is 0. The number of Topliss-reactive ketones (excluding diaryl/α,β-unsaturated/α-hetero) is 1. The Labute approximate surface area is 160 Å². The molecule has 7 atom stereocenters. The van der Waals surface area contributed by atoms with E-state index in [2.05, 4.69) is 11.7 Å². The molecule has 0 aromatic rings. The van der Waals surface area contributed by atoms with Gasteiger partial charge in [-0.05, 0) is 87.0 Å². The molecule has 0 aromatic carbocycles. The second kappa shape index (κ2) is 6.49. The van der Waals surface area contributed by atoms with Crippen LogP contribution < -0.4 is 0 Å². The SMILES string of the molecule is C[C@@H](O)[C@H]1CC[C@H]2[C@@H]3CCC4=CC(=O)CC[C@]4(C)[C@H]3CC[C@]12C(=O)C=[N+]=[N-].